The number of carboxylic acid groups (broad SMARTS) is 1. The molecule has 0 amide bonds. The molecule has 18 heavy (non-hydrogen) atoms. The molecule has 1 aliphatic rings. The summed E-state index contributed by atoms with van der Waals surface area (Å²) in [5.74, 6) is 0.369. The van der Waals surface area contributed by atoms with Crippen molar-refractivity contribution in [2.45, 2.75) is 31.6 Å². The molecular formula is C14H19NO2S. The van der Waals surface area contributed by atoms with Gasteiger partial charge in [-0.25, -0.2) is 0 Å². The number of thioether (sulfide) groups is 1. The van der Waals surface area contributed by atoms with Gasteiger partial charge in [0.2, 0.25) is 0 Å². The third-order valence-corrected chi connectivity index (χ3v) is 4.40. The minimum atomic E-state index is -0.725. The summed E-state index contributed by atoms with van der Waals surface area (Å²) in [6.07, 6.45) is 1.48. The number of benzene rings is 1. The molecule has 0 unspecified atom stereocenters. The molecule has 1 aromatic rings. The molecule has 4 heteroatoms. The highest BCUT2D eigenvalue weighted by molar-refractivity contribution is 7.99. The van der Waals surface area contributed by atoms with Crippen molar-refractivity contribution in [3.63, 3.8) is 0 Å². The van der Waals surface area contributed by atoms with Gasteiger partial charge in [-0.05, 0) is 44.4 Å². The van der Waals surface area contributed by atoms with E-state index in [-0.39, 0.29) is 0 Å². The summed E-state index contributed by atoms with van der Waals surface area (Å²) < 4.78 is 0. The SMILES string of the molecule is CC(C)(CCc1ccc2c(c1)SCCN2)C(=O)O. The van der Waals surface area contributed by atoms with Gasteiger partial charge >= 0.3 is 5.97 Å². The zero-order valence-electron chi connectivity index (χ0n) is 10.8. The first-order chi connectivity index (χ1) is 8.49. The van der Waals surface area contributed by atoms with Crippen LogP contribution in [0.15, 0.2) is 23.1 Å². The second kappa shape index (κ2) is 5.22. The Labute approximate surface area is 112 Å². The summed E-state index contributed by atoms with van der Waals surface area (Å²) >= 11 is 1.86. The Morgan fingerprint density at radius 3 is 3.00 bits per heavy atom. The number of anilines is 1. The molecule has 3 nitrogen and oxygen atoms in total. The number of hydrogen-bond donors (Lipinski definition) is 2. The van der Waals surface area contributed by atoms with E-state index in [1.54, 1.807) is 13.8 Å². The van der Waals surface area contributed by atoms with E-state index in [0.717, 1.165) is 18.7 Å². The van der Waals surface area contributed by atoms with E-state index in [4.69, 9.17) is 5.11 Å². The van der Waals surface area contributed by atoms with Crippen LogP contribution in [0.3, 0.4) is 0 Å². The van der Waals surface area contributed by atoms with Crippen LogP contribution in [-0.4, -0.2) is 23.4 Å². The van der Waals surface area contributed by atoms with E-state index in [1.165, 1.54) is 16.1 Å². The van der Waals surface area contributed by atoms with Crippen molar-refractivity contribution in [1.82, 2.24) is 0 Å². The number of fused-ring (bicyclic) bond motifs is 1. The smallest absolute Gasteiger partial charge is 0.309 e. The minimum Gasteiger partial charge on any atom is -0.481 e. The fraction of sp³-hybridized carbons (Fsp3) is 0.500. The molecule has 1 aromatic carbocycles. The average molecular weight is 265 g/mol. The molecule has 0 saturated heterocycles. The third kappa shape index (κ3) is 2.99. The predicted octanol–water partition coefficient (Wildman–Crippen LogP) is 3.25. The molecule has 2 N–H and O–H groups in total. The van der Waals surface area contributed by atoms with E-state index in [1.807, 2.05) is 11.8 Å². The van der Waals surface area contributed by atoms with Crippen LogP contribution in [0.25, 0.3) is 0 Å². The van der Waals surface area contributed by atoms with Crippen LogP contribution >= 0.6 is 11.8 Å². The standard InChI is InChI=1S/C14H19NO2S/c1-14(2,13(16)17)6-5-10-3-4-11-12(9-10)18-8-7-15-11/h3-4,9,15H,5-8H2,1-2H3,(H,16,17). The molecule has 0 atom stereocenters. The number of carboxylic acids is 1. The second-order valence-corrected chi connectivity index (χ2v) is 6.43. The lowest BCUT2D eigenvalue weighted by atomic mass is 9.86. The molecule has 2 rings (SSSR count). The van der Waals surface area contributed by atoms with Crippen LogP contribution in [0.2, 0.25) is 0 Å². The van der Waals surface area contributed by atoms with Crippen molar-refractivity contribution < 1.29 is 9.90 Å². The van der Waals surface area contributed by atoms with Crippen LogP contribution in [0, 0.1) is 5.41 Å². The predicted molar refractivity (Wildman–Crippen MR) is 75.4 cm³/mol. The number of nitrogens with one attached hydrogen (secondary N) is 1. The number of hydrogen-bond acceptors (Lipinski definition) is 3. The van der Waals surface area contributed by atoms with Gasteiger partial charge in [0.1, 0.15) is 0 Å². The molecule has 0 bridgehead atoms. The number of aliphatic carboxylic acids is 1. The molecule has 1 heterocycles. The Morgan fingerprint density at radius 2 is 2.28 bits per heavy atom. The molecule has 1 aliphatic heterocycles. The van der Waals surface area contributed by atoms with Gasteiger partial charge in [0.15, 0.2) is 0 Å². The van der Waals surface area contributed by atoms with Crippen molar-refractivity contribution >= 4 is 23.4 Å². The van der Waals surface area contributed by atoms with Gasteiger partial charge < -0.3 is 10.4 Å². The number of carbonyl (C=O) groups is 1. The highest BCUT2D eigenvalue weighted by Crippen LogP contribution is 2.32. The molecule has 0 saturated carbocycles. The summed E-state index contributed by atoms with van der Waals surface area (Å²) in [5, 5.41) is 12.5. The van der Waals surface area contributed by atoms with Crippen LogP contribution < -0.4 is 5.32 Å². The largest absolute Gasteiger partial charge is 0.481 e. The first kappa shape index (κ1) is 13.3. The van der Waals surface area contributed by atoms with Gasteiger partial charge in [0.25, 0.3) is 0 Å². The summed E-state index contributed by atoms with van der Waals surface area (Å²) in [6, 6.07) is 6.38. The Morgan fingerprint density at radius 1 is 1.50 bits per heavy atom. The molecular weight excluding hydrogens is 246 g/mol. The first-order valence-electron chi connectivity index (χ1n) is 6.22. The van der Waals surface area contributed by atoms with Gasteiger partial charge in [-0.1, -0.05) is 6.07 Å². The van der Waals surface area contributed by atoms with Crippen LogP contribution in [0.1, 0.15) is 25.8 Å². The molecule has 98 valence electrons. The van der Waals surface area contributed by atoms with Crippen molar-refractivity contribution in [1.29, 1.82) is 0 Å². The maximum atomic E-state index is 11.1. The van der Waals surface area contributed by atoms with Gasteiger partial charge in [-0.3, -0.25) is 4.79 Å². The summed E-state index contributed by atoms with van der Waals surface area (Å²) in [6.45, 7) is 4.58. The fourth-order valence-corrected chi connectivity index (χ4v) is 2.85. The zero-order valence-corrected chi connectivity index (χ0v) is 11.6. The highest BCUT2D eigenvalue weighted by Gasteiger charge is 2.26. The van der Waals surface area contributed by atoms with E-state index < -0.39 is 11.4 Å². The third-order valence-electron chi connectivity index (χ3n) is 3.34. The Balaban J connectivity index is 2.04. The summed E-state index contributed by atoms with van der Waals surface area (Å²) in [5.41, 5.74) is 1.77. The van der Waals surface area contributed by atoms with E-state index >= 15 is 0 Å². The number of rotatable bonds is 4. The van der Waals surface area contributed by atoms with E-state index in [9.17, 15) is 4.79 Å². The molecule has 0 spiro atoms. The quantitative estimate of drug-likeness (QED) is 0.877. The van der Waals surface area contributed by atoms with Gasteiger partial charge in [0.05, 0.1) is 5.41 Å². The van der Waals surface area contributed by atoms with Crippen molar-refractivity contribution in [3.8, 4) is 0 Å². The first-order valence-corrected chi connectivity index (χ1v) is 7.20. The molecule has 0 aromatic heterocycles. The lowest BCUT2D eigenvalue weighted by molar-refractivity contribution is -0.147. The Bertz CT molecular complexity index is 457. The lowest BCUT2D eigenvalue weighted by Crippen LogP contribution is -2.24. The molecule has 0 radical (unpaired) electrons. The average Bonchev–Trinajstić information content (AvgIpc) is 2.36. The second-order valence-electron chi connectivity index (χ2n) is 5.29. The van der Waals surface area contributed by atoms with Crippen molar-refractivity contribution in [2.75, 3.05) is 17.6 Å². The van der Waals surface area contributed by atoms with Crippen LogP contribution in [0.4, 0.5) is 5.69 Å². The number of aryl methyl sites for hydroxylation is 1. The Kier molecular flexibility index (Phi) is 3.85. The monoisotopic (exact) mass is 265 g/mol. The molecule has 0 aliphatic carbocycles. The fourth-order valence-electron chi connectivity index (χ4n) is 1.90. The van der Waals surface area contributed by atoms with Gasteiger partial charge in [0, 0.05) is 22.9 Å². The van der Waals surface area contributed by atoms with Gasteiger partial charge in [-0.2, -0.15) is 0 Å². The highest BCUT2D eigenvalue weighted by atomic mass is 32.2. The van der Waals surface area contributed by atoms with Crippen LogP contribution in [-0.2, 0) is 11.2 Å². The zero-order chi connectivity index (χ0) is 13.2. The Hall–Kier alpha value is -1.16. The maximum absolute atomic E-state index is 11.1. The van der Waals surface area contributed by atoms with E-state index in [0.29, 0.717) is 6.42 Å². The van der Waals surface area contributed by atoms with Crippen LogP contribution in [0.5, 0.6) is 0 Å². The minimum absolute atomic E-state index is 0.651. The summed E-state index contributed by atoms with van der Waals surface area (Å²) in [4.78, 5) is 12.3. The van der Waals surface area contributed by atoms with E-state index in [2.05, 4.69) is 23.5 Å². The normalized spacial score (nSPS) is 14.8. The van der Waals surface area contributed by atoms with Crippen molar-refractivity contribution in [2.24, 2.45) is 5.41 Å². The lowest BCUT2D eigenvalue weighted by Gasteiger charge is -2.21. The maximum Gasteiger partial charge on any atom is 0.309 e. The topological polar surface area (TPSA) is 49.3 Å². The van der Waals surface area contributed by atoms with Crippen molar-refractivity contribution in [3.05, 3.63) is 23.8 Å². The van der Waals surface area contributed by atoms with Gasteiger partial charge in [-0.15, -0.1) is 11.8 Å². The molecule has 0 fully saturated rings. The summed E-state index contributed by atoms with van der Waals surface area (Å²) in [7, 11) is 0.